The topological polar surface area (TPSA) is 80.0 Å². The van der Waals surface area contributed by atoms with Crippen LogP contribution in [0.15, 0.2) is 48.5 Å². The smallest absolute Gasteiger partial charge is 0.265 e. The second-order valence-electron chi connectivity index (χ2n) is 8.82. The van der Waals surface area contributed by atoms with Gasteiger partial charge < -0.3 is 14.5 Å². The molecule has 4 aromatic rings. The molecule has 8 nitrogen and oxygen atoms in total. The predicted molar refractivity (Wildman–Crippen MR) is 130 cm³/mol. The van der Waals surface area contributed by atoms with Crippen molar-refractivity contribution in [1.29, 1.82) is 0 Å². The van der Waals surface area contributed by atoms with E-state index in [1.54, 1.807) is 25.1 Å². The Morgan fingerprint density at radius 3 is 2.62 bits per heavy atom. The van der Waals surface area contributed by atoms with E-state index >= 15 is 0 Å². The van der Waals surface area contributed by atoms with E-state index < -0.39 is 6.10 Å². The fourth-order valence-electron chi connectivity index (χ4n) is 4.59. The molecule has 3 heterocycles. The van der Waals surface area contributed by atoms with E-state index in [1.807, 2.05) is 60.8 Å². The Balaban J connectivity index is 1.42. The molecule has 0 spiro atoms. The predicted octanol–water partition coefficient (Wildman–Crippen LogP) is 3.31. The SMILES string of the molecule is Cc1nc2c3ccccc3nn2c(C)c1CCC(=O)N1CC(C(=O)N(C)C)Oc2ccccc21. The number of fused-ring (bicyclic) bond motifs is 4. The van der Waals surface area contributed by atoms with Gasteiger partial charge in [0.15, 0.2) is 11.8 Å². The number of benzene rings is 2. The highest BCUT2D eigenvalue weighted by atomic mass is 16.5. The minimum absolute atomic E-state index is 0.0585. The van der Waals surface area contributed by atoms with Gasteiger partial charge in [0.05, 0.1) is 17.7 Å². The number of nitrogens with zero attached hydrogens (tertiary/aromatic N) is 5. The molecule has 0 aliphatic carbocycles. The molecule has 0 N–H and O–H groups in total. The van der Waals surface area contributed by atoms with Gasteiger partial charge in [-0.15, -0.1) is 0 Å². The normalized spacial score (nSPS) is 15.3. The van der Waals surface area contributed by atoms with E-state index in [0.29, 0.717) is 17.9 Å². The Morgan fingerprint density at radius 1 is 1.09 bits per heavy atom. The van der Waals surface area contributed by atoms with Crippen LogP contribution >= 0.6 is 0 Å². The number of carbonyl (C=O) groups is 2. The van der Waals surface area contributed by atoms with Gasteiger partial charge in [-0.25, -0.2) is 9.50 Å². The molecule has 0 fully saturated rings. The second kappa shape index (κ2) is 8.44. The third-order valence-corrected chi connectivity index (χ3v) is 6.40. The van der Waals surface area contributed by atoms with E-state index in [-0.39, 0.29) is 24.8 Å². The fourth-order valence-corrected chi connectivity index (χ4v) is 4.59. The van der Waals surface area contributed by atoms with Crippen molar-refractivity contribution in [3.63, 3.8) is 0 Å². The Kier molecular flexibility index (Phi) is 5.43. The van der Waals surface area contributed by atoms with Gasteiger partial charge >= 0.3 is 0 Å². The van der Waals surface area contributed by atoms with Gasteiger partial charge in [-0.3, -0.25) is 9.59 Å². The molecule has 0 saturated heterocycles. The van der Waals surface area contributed by atoms with Crippen LogP contribution in [0.2, 0.25) is 0 Å². The number of carbonyl (C=O) groups excluding carboxylic acids is 2. The van der Waals surface area contributed by atoms with Gasteiger partial charge in [0.25, 0.3) is 5.91 Å². The number of para-hydroxylation sites is 2. The molecule has 2 amide bonds. The summed E-state index contributed by atoms with van der Waals surface area (Å²) in [5, 5.41) is 5.72. The quantitative estimate of drug-likeness (QED) is 0.470. The van der Waals surface area contributed by atoms with Gasteiger partial charge in [0.2, 0.25) is 5.91 Å². The van der Waals surface area contributed by atoms with E-state index in [4.69, 9.17) is 14.8 Å². The lowest BCUT2D eigenvalue weighted by atomic mass is 10.0. The van der Waals surface area contributed by atoms with Crippen molar-refractivity contribution in [3.05, 3.63) is 65.5 Å². The monoisotopic (exact) mass is 457 g/mol. The maximum atomic E-state index is 13.4. The highest BCUT2D eigenvalue weighted by Crippen LogP contribution is 2.34. The maximum Gasteiger partial charge on any atom is 0.265 e. The van der Waals surface area contributed by atoms with Gasteiger partial charge in [0, 0.05) is 37.3 Å². The van der Waals surface area contributed by atoms with Crippen molar-refractivity contribution in [3.8, 4) is 5.75 Å². The lowest BCUT2D eigenvalue weighted by Gasteiger charge is -2.35. The van der Waals surface area contributed by atoms with Gasteiger partial charge in [-0.1, -0.05) is 24.3 Å². The maximum absolute atomic E-state index is 13.4. The van der Waals surface area contributed by atoms with Crippen molar-refractivity contribution >= 4 is 34.1 Å². The van der Waals surface area contributed by atoms with Crippen molar-refractivity contribution < 1.29 is 14.3 Å². The summed E-state index contributed by atoms with van der Waals surface area (Å²) in [6.07, 6.45) is 0.0840. The number of amides is 2. The first-order valence-electron chi connectivity index (χ1n) is 11.4. The first kappa shape index (κ1) is 21.9. The Morgan fingerprint density at radius 2 is 1.82 bits per heavy atom. The number of rotatable bonds is 4. The molecule has 34 heavy (non-hydrogen) atoms. The number of hydrogen-bond donors (Lipinski definition) is 0. The molecular weight excluding hydrogens is 430 g/mol. The highest BCUT2D eigenvalue weighted by molar-refractivity contribution is 5.97. The Bertz CT molecular complexity index is 1430. The second-order valence-corrected chi connectivity index (χ2v) is 8.82. The third kappa shape index (κ3) is 3.65. The average Bonchev–Trinajstić information content (AvgIpc) is 3.21. The largest absolute Gasteiger partial charge is 0.476 e. The minimum Gasteiger partial charge on any atom is -0.476 e. The van der Waals surface area contributed by atoms with Gasteiger partial charge in [0.1, 0.15) is 5.75 Å². The van der Waals surface area contributed by atoms with E-state index in [1.165, 1.54) is 4.90 Å². The Labute approximate surface area is 197 Å². The summed E-state index contributed by atoms with van der Waals surface area (Å²) >= 11 is 0. The molecule has 1 unspecified atom stereocenters. The zero-order valence-corrected chi connectivity index (χ0v) is 19.8. The number of ether oxygens (including phenoxy) is 1. The summed E-state index contributed by atoms with van der Waals surface area (Å²) < 4.78 is 7.78. The average molecular weight is 458 g/mol. The molecule has 1 aliphatic heterocycles. The van der Waals surface area contributed by atoms with Crippen LogP contribution in [0.1, 0.15) is 23.4 Å². The number of aryl methyl sites for hydroxylation is 2. The van der Waals surface area contributed by atoms with E-state index in [2.05, 4.69) is 0 Å². The number of aromatic nitrogens is 3. The molecule has 174 valence electrons. The van der Waals surface area contributed by atoms with Crippen LogP contribution < -0.4 is 9.64 Å². The zero-order chi connectivity index (χ0) is 24.0. The van der Waals surface area contributed by atoms with Crippen molar-refractivity contribution in [1.82, 2.24) is 19.5 Å². The summed E-state index contributed by atoms with van der Waals surface area (Å²) in [6.45, 7) is 4.18. The van der Waals surface area contributed by atoms with Crippen LogP contribution in [0, 0.1) is 13.8 Å². The van der Waals surface area contributed by atoms with Crippen molar-refractivity contribution in [2.24, 2.45) is 0 Å². The number of anilines is 1. The summed E-state index contributed by atoms with van der Waals surface area (Å²) in [7, 11) is 3.37. The Hall–Kier alpha value is -3.94. The number of likely N-dealkylation sites (N-methyl/N-ethyl adjacent to an activating group) is 1. The van der Waals surface area contributed by atoms with Crippen LogP contribution in [-0.2, 0) is 16.0 Å². The molecule has 0 radical (unpaired) electrons. The lowest BCUT2D eigenvalue weighted by molar-refractivity contribution is -0.136. The summed E-state index contributed by atoms with van der Waals surface area (Å²) in [5.74, 6) is 0.317. The zero-order valence-electron chi connectivity index (χ0n) is 19.8. The van der Waals surface area contributed by atoms with Crippen LogP contribution in [0.25, 0.3) is 16.6 Å². The fraction of sp³-hybridized carbons (Fsp3) is 0.308. The summed E-state index contributed by atoms with van der Waals surface area (Å²) in [5.41, 5.74) is 5.30. The standard InChI is InChI=1S/C26H27N5O3/c1-16-18(17(2)31-25(27-16)19-9-5-6-10-20(19)28-31)13-14-24(32)30-15-23(26(33)29(3)4)34-22-12-8-7-11-21(22)30/h5-12,23H,13-15H2,1-4H3. The third-order valence-electron chi connectivity index (χ3n) is 6.40. The van der Waals surface area contributed by atoms with Gasteiger partial charge in [-0.2, -0.15) is 5.10 Å². The highest BCUT2D eigenvalue weighted by Gasteiger charge is 2.34. The number of hydrogen-bond acceptors (Lipinski definition) is 5. The molecule has 8 heteroatoms. The van der Waals surface area contributed by atoms with Crippen molar-refractivity contribution in [2.75, 3.05) is 25.5 Å². The molecular formula is C26H27N5O3. The van der Waals surface area contributed by atoms with Gasteiger partial charge in [-0.05, 0) is 50.1 Å². The van der Waals surface area contributed by atoms with E-state index in [0.717, 1.165) is 33.5 Å². The molecule has 1 atom stereocenters. The first-order valence-corrected chi connectivity index (χ1v) is 11.4. The minimum atomic E-state index is -0.730. The molecule has 0 saturated carbocycles. The van der Waals surface area contributed by atoms with Crippen LogP contribution in [-0.4, -0.2) is 58.1 Å². The molecule has 2 aromatic carbocycles. The first-order chi connectivity index (χ1) is 16.3. The summed E-state index contributed by atoms with van der Waals surface area (Å²) in [4.78, 5) is 34.0. The van der Waals surface area contributed by atoms with Crippen LogP contribution in [0.3, 0.4) is 0 Å². The molecule has 5 rings (SSSR count). The molecule has 0 bridgehead atoms. The molecule has 1 aliphatic rings. The van der Waals surface area contributed by atoms with Crippen LogP contribution in [0.4, 0.5) is 5.69 Å². The van der Waals surface area contributed by atoms with Crippen molar-refractivity contribution in [2.45, 2.75) is 32.8 Å². The lowest BCUT2D eigenvalue weighted by Crippen LogP contribution is -2.50. The summed E-state index contributed by atoms with van der Waals surface area (Å²) in [6, 6.07) is 15.3. The van der Waals surface area contributed by atoms with Crippen LogP contribution in [0.5, 0.6) is 5.75 Å². The van der Waals surface area contributed by atoms with E-state index in [9.17, 15) is 9.59 Å². The molecule has 2 aromatic heterocycles.